The molecule has 0 saturated heterocycles. The number of aromatic carboxylic acids is 1. The van der Waals surface area contributed by atoms with Gasteiger partial charge in [0.15, 0.2) is 0 Å². The van der Waals surface area contributed by atoms with Gasteiger partial charge < -0.3 is 15.3 Å². The Kier molecular flexibility index (Phi) is 7.05. The van der Waals surface area contributed by atoms with Crippen molar-refractivity contribution in [2.24, 2.45) is 0 Å². The number of carboxylic acids is 1. The highest BCUT2D eigenvalue weighted by molar-refractivity contribution is 7.14. The van der Waals surface area contributed by atoms with Crippen LogP contribution in [-0.4, -0.2) is 42.2 Å². The molecule has 0 aromatic carbocycles. The summed E-state index contributed by atoms with van der Waals surface area (Å²) in [6.45, 7) is 11.3. The summed E-state index contributed by atoms with van der Waals surface area (Å²) < 4.78 is 0. The Bertz CT molecular complexity index is 404. The molecule has 2 N–H and O–H groups in total. The monoisotopic (exact) mass is 284 g/mol. The first kappa shape index (κ1) is 16.1. The van der Waals surface area contributed by atoms with Crippen LogP contribution in [0.4, 0.5) is 0 Å². The van der Waals surface area contributed by atoms with E-state index in [2.05, 4.69) is 24.1 Å². The van der Waals surface area contributed by atoms with Gasteiger partial charge in [-0.1, -0.05) is 13.8 Å². The highest BCUT2D eigenvalue weighted by Gasteiger charge is 2.10. The highest BCUT2D eigenvalue weighted by atomic mass is 32.1. The van der Waals surface area contributed by atoms with Crippen LogP contribution in [0.1, 0.15) is 40.4 Å². The fraction of sp³-hybridized carbons (Fsp3) is 0.643. The number of rotatable bonds is 9. The molecule has 0 saturated carbocycles. The van der Waals surface area contributed by atoms with Gasteiger partial charge in [-0.15, -0.1) is 11.3 Å². The summed E-state index contributed by atoms with van der Waals surface area (Å²) in [7, 11) is 0. The van der Waals surface area contributed by atoms with E-state index in [1.54, 1.807) is 6.07 Å². The van der Waals surface area contributed by atoms with E-state index >= 15 is 0 Å². The van der Waals surface area contributed by atoms with Crippen LogP contribution in [0.3, 0.4) is 0 Å². The minimum Gasteiger partial charge on any atom is -0.477 e. The highest BCUT2D eigenvalue weighted by Crippen LogP contribution is 2.21. The second kappa shape index (κ2) is 8.30. The number of aryl methyl sites for hydroxylation is 1. The molecule has 0 fully saturated rings. The van der Waals surface area contributed by atoms with Crippen LogP contribution >= 0.6 is 11.3 Å². The predicted octanol–water partition coefficient (Wildman–Crippen LogP) is 2.58. The maximum atomic E-state index is 10.9. The molecule has 5 heteroatoms. The Morgan fingerprint density at radius 1 is 1.42 bits per heavy atom. The van der Waals surface area contributed by atoms with Gasteiger partial charge in [0, 0.05) is 24.5 Å². The number of hydrogen-bond donors (Lipinski definition) is 2. The van der Waals surface area contributed by atoms with E-state index < -0.39 is 5.97 Å². The summed E-state index contributed by atoms with van der Waals surface area (Å²) in [5.74, 6) is -0.834. The Hall–Kier alpha value is -0.910. The lowest BCUT2D eigenvalue weighted by molar-refractivity contribution is 0.0702. The van der Waals surface area contributed by atoms with Crippen molar-refractivity contribution >= 4 is 17.3 Å². The third-order valence-corrected chi connectivity index (χ3v) is 4.22. The van der Waals surface area contributed by atoms with Crippen molar-refractivity contribution in [1.29, 1.82) is 0 Å². The zero-order valence-corrected chi connectivity index (χ0v) is 12.8. The quantitative estimate of drug-likeness (QED) is 0.684. The first-order valence-electron chi connectivity index (χ1n) is 6.84. The third-order valence-electron chi connectivity index (χ3n) is 3.14. The molecular formula is C14H24N2O2S. The molecule has 0 aliphatic rings. The van der Waals surface area contributed by atoms with Gasteiger partial charge >= 0.3 is 5.97 Å². The van der Waals surface area contributed by atoms with Gasteiger partial charge in [0.05, 0.1) is 0 Å². The van der Waals surface area contributed by atoms with Crippen molar-refractivity contribution in [3.63, 3.8) is 0 Å². The van der Waals surface area contributed by atoms with Crippen molar-refractivity contribution in [3.05, 3.63) is 21.4 Å². The van der Waals surface area contributed by atoms with Gasteiger partial charge in [-0.2, -0.15) is 0 Å². The van der Waals surface area contributed by atoms with Crippen molar-refractivity contribution < 1.29 is 9.90 Å². The molecule has 0 atom stereocenters. The standard InChI is InChI=1S/C14H24N2O2S/c1-4-7-16(5-2)8-6-15-10-12-9-13(14(17)18)19-11(12)3/h9,15H,4-8,10H2,1-3H3,(H,17,18). The van der Waals surface area contributed by atoms with E-state index in [0.717, 1.165) is 43.2 Å². The molecule has 0 bridgehead atoms. The fourth-order valence-corrected chi connectivity index (χ4v) is 2.89. The molecule has 0 spiro atoms. The molecule has 0 radical (unpaired) electrons. The molecule has 0 aliphatic heterocycles. The van der Waals surface area contributed by atoms with Crippen LogP contribution in [-0.2, 0) is 6.54 Å². The normalized spacial score (nSPS) is 11.2. The van der Waals surface area contributed by atoms with Gasteiger partial charge in [0.2, 0.25) is 0 Å². The van der Waals surface area contributed by atoms with E-state index in [9.17, 15) is 4.79 Å². The van der Waals surface area contributed by atoms with Gasteiger partial charge in [-0.25, -0.2) is 4.79 Å². The van der Waals surface area contributed by atoms with E-state index in [0.29, 0.717) is 4.88 Å². The lowest BCUT2D eigenvalue weighted by atomic mass is 10.2. The van der Waals surface area contributed by atoms with Crippen LogP contribution in [0.2, 0.25) is 0 Å². The summed E-state index contributed by atoms with van der Waals surface area (Å²) in [5.41, 5.74) is 1.10. The molecule has 0 aliphatic carbocycles. The lowest BCUT2D eigenvalue weighted by Gasteiger charge is -2.19. The molecule has 4 nitrogen and oxygen atoms in total. The third kappa shape index (κ3) is 5.30. The Balaban J connectivity index is 2.35. The van der Waals surface area contributed by atoms with Crippen molar-refractivity contribution in [1.82, 2.24) is 10.2 Å². The van der Waals surface area contributed by atoms with Crippen molar-refractivity contribution in [3.8, 4) is 0 Å². The van der Waals surface area contributed by atoms with Gasteiger partial charge in [-0.3, -0.25) is 0 Å². The number of hydrogen-bond acceptors (Lipinski definition) is 4. The SMILES string of the molecule is CCCN(CC)CCNCc1cc(C(=O)O)sc1C. The van der Waals surface area contributed by atoms with Crippen LogP contribution in [0.25, 0.3) is 0 Å². The van der Waals surface area contributed by atoms with E-state index in [1.807, 2.05) is 6.92 Å². The number of carboxylic acid groups (broad SMARTS) is 1. The Morgan fingerprint density at radius 3 is 2.68 bits per heavy atom. The second-order valence-corrected chi connectivity index (χ2v) is 5.86. The minimum absolute atomic E-state index is 0.426. The second-order valence-electron chi connectivity index (χ2n) is 4.61. The molecule has 1 aromatic heterocycles. The maximum Gasteiger partial charge on any atom is 0.345 e. The summed E-state index contributed by atoms with van der Waals surface area (Å²) >= 11 is 1.35. The summed E-state index contributed by atoms with van der Waals surface area (Å²) in [4.78, 5) is 14.8. The predicted molar refractivity (Wildman–Crippen MR) is 80.1 cm³/mol. The van der Waals surface area contributed by atoms with Gasteiger partial charge in [0.25, 0.3) is 0 Å². The molecule has 0 unspecified atom stereocenters. The van der Waals surface area contributed by atoms with E-state index in [-0.39, 0.29) is 0 Å². The van der Waals surface area contributed by atoms with E-state index in [4.69, 9.17) is 5.11 Å². The van der Waals surface area contributed by atoms with Gasteiger partial charge in [-0.05, 0) is 38.1 Å². The van der Waals surface area contributed by atoms with Crippen molar-refractivity contribution in [2.75, 3.05) is 26.2 Å². The summed E-state index contributed by atoms with van der Waals surface area (Å²) in [6, 6.07) is 1.78. The van der Waals surface area contributed by atoms with Crippen molar-refractivity contribution in [2.45, 2.75) is 33.7 Å². The lowest BCUT2D eigenvalue weighted by Crippen LogP contribution is -2.32. The Labute approximate surface area is 119 Å². The summed E-state index contributed by atoms with van der Waals surface area (Å²) in [5, 5.41) is 12.3. The number of carbonyl (C=O) groups is 1. The molecular weight excluding hydrogens is 260 g/mol. The van der Waals surface area contributed by atoms with Crippen LogP contribution in [0.5, 0.6) is 0 Å². The maximum absolute atomic E-state index is 10.9. The molecule has 1 rings (SSSR count). The smallest absolute Gasteiger partial charge is 0.345 e. The average Bonchev–Trinajstić information content (AvgIpc) is 2.75. The zero-order valence-electron chi connectivity index (χ0n) is 12.0. The zero-order chi connectivity index (χ0) is 14.3. The molecule has 19 heavy (non-hydrogen) atoms. The van der Waals surface area contributed by atoms with Crippen LogP contribution < -0.4 is 5.32 Å². The first-order valence-corrected chi connectivity index (χ1v) is 7.65. The Morgan fingerprint density at radius 2 is 2.16 bits per heavy atom. The molecule has 108 valence electrons. The largest absolute Gasteiger partial charge is 0.477 e. The minimum atomic E-state index is -0.834. The summed E-state index contributed by atoms with van der Waals surface area (Å²) in [6.07, 6.45) is 1.18. The molecule has 1 aromatic rings. The number of thiophene rings is 1. The first-order chi connectivity index (χ1) is 9.08. The average molecular weight is 284 g/mol. The van der Waals surface area contributed by atoms with Crippen LogP contribution in [0, 0.1) is 6.92 Å². The fourth-order valence-electron chi connectivity index (χ4n) is 2.01. The molecule has 1 heterocycles. The number of likely N-dealkylation sites (N-methyl/N-ethyl adjacent to an activating group) is 1. The van der Waals surface area contributed by atoms with Crippen LogP contribution in [0.15, 0.2) is 6.07 Å². The number of nitrogens with one attached hydrogen (secondary N) is 1. The number of nitrogens with zero attached hydrogens (tertiary/aromatic N) is 1. The molecule has 0 amide bonds. The topological polar surface area (TPSA) is 52.6 Å². The van der Waals surface area contributed by atoms with Gasteiger partial charge in [0.1, 0.15) is 4.88 Å². The van der Waals surface area contributed by atoms with E-state index in [1.165, 1.54) is 17.8 Å².